The predicted molar refractivity (Wildman–Crippen MR) is 82.5 cm³/mol. The summed E-state index contributed by atoms with van der Waals surface area (Å²) >= 11 is 0. The van der Waals surface area contributed by atoms with E-state index in [0.717, 1.165) is 12.8 Å². The number of anilines is 1. The summed E-state index contributed by atoms with van der Waals surface area (Å²) in [5.41, 5.74) is 0.261. The normalized spacial score (nSPS) is 12.5. The summed E-state index contributed by atoms with van der Waals surface area (Å²) in [6.07, 6.45) is -2.39. The molecule has 0 saturated heterocycles. The van der Waals surface area contributed by atoms with Crippen LogP contribution in [0.1, 0.15) is 51.7 Å². The van der Waals surface area contributed by atoms with Crippen LogP contribution in [0.3, 0.4) is 0 Å². The summed E-state index contributed by atoms with van der Waals surface area (Å²) in [5, 5.41) is 3.28. The van der Waals surface area contributed by atoms with E-state index in [0.29, 0.717) is 17.5 Å². The maximum Gasteiger partial charge on any atom is 0.416 e. The summed E-state index contributed by atoms with van der Waals surface area (Å²) in [6.45, 7) is 10.0. The number of rotatable bonds is 6. The SMILES string of the molecule is Cc1ccc(NC(CC(C)C)CC(C)C)cc1C(F)(F)F. The summed E-state index contributed by atoms with van der Waals surface area (Å²) in [4.78, 5) is 0. The van der Waals surface area contributed by atoms with Gasteiger partial charge in [-0.05, 0) is 49.3 Å². The molecule has 1 aromatic carbocycles. The highest BCUT2D eigenvalue weighted by Crippen LogP contribution is 2.34. The van der Waals surface area contributed by atoms with Gasteiger partial charge in [0, 0.05) is 11.7 Å². The molecule has 4 heteroatoms. The average molecular weight is 301 g/mol. The van der Waals surface area contributed by atoms with Gasteiger partial charge >= 0.3 is 6.18 Å². The van der Waals surface area contributed by atoms with Crippen LogP contribution in [0.25, 0.3) is 0 Å². The third kappa shape index (κ3) is 5.98. The molecule has 120 valence electrons. The van der Waals surface area contributed by atoms with Crippen molar-refractivity contribution < 1.29 is 13.2 Å². The van der Waals surface area contributed by atoms with Gasteiger partial charge in [0.15, 0.2) is 0 Å². The van der Waals surface area contributed by atoms with Crippen molar-refractivity contribution in [2.24, 2.45) is 11.8 Å². The molecule has 0 aliphatic carbocycles. The minimum Gasteiger partial charge on any atom is -0.382 e. The molecule has 0 atom stereocenters. The zero-order chi connectivity index (χ0) is 16.2. The molecule has 0 amide bonds. The molecule has 1 nitrogen and oxygen atoms in total. The fraction of sp³-hybridized carbons (Fsp3) is 0.647. The van der Waals surface area contributed by atoms with Crippen molar-refractivity contribution in [3.8, 4) is 0 Å². The minimum atomic E-state index is -4.30. The Bertz CT molecular complexity index is 440. The van der Waals surface area contributed by atoms with Crippen LogP contribution in [-0.4, -0.2) is 6.04 Å². The molecule has 0 fully saturated rings. The first kappa shape index (κ1) is 17.9. The average Bonchev–Trinajstić information content (AvgIpc) is 2.28. The third-order valence-electron chi connectivity index (χ3n) is 3.43. The van der Waals surface area contributed by atoms with E-state index in [9.17, 15) is 13.2 Å². The van der Waals surface area contributed by atoms with Crippen LogP contribution in [0.2, 0.25) is 0 Å². The number of hydrogen-bond donors (Lipinski definition) is 1. The Morgan fingerprint density at radius 3 is 1.95 bits per heavy atom. The van der Waals surface area contributed by atoms with Crippen LogP contribution in [0, 0.1) is 18.8 Å². The zero-order valence-electron chi connectivity index (χ0n) is 13.5. The van der Waals surface area contributed by atoms with E-state index in [2.05, 4.69) is 33.0 Å². The third-order valence-corrected chi connectivity index (χ3v) is 3.43. The van der Waals surface area contributed by atoms with Crippen molar-refractivity contribution >= 4 is 5.69 Å². The molecule has 0 saturated carbocycles. The van der Waals surface area contributed by atoms with Crippen molar-refractivity contribution in [1.82, 2.24) is 0 Å². The van der Waals surface area contributed by atoms with Gasteiger partial charge in [-0.3, -0.25) is 0 Å². The summed E-state index contributed by atoms with van der Waals surface area (Å²) < 4.78 is 38.9. The number of nitrogens with one attached hydrogen (secondary N) is 1. The van der Waals surface area contributed by atoms with Crippen molar-refractivity contribution in [2.45, 2.75) is 59.7 Å². The summed E-state index contributed by atoms with van der Waals surface area (Å²) in [6, 6.07) is 4.70. The lowest BCUT2D eigenvalue weighted by molar-refractivity contribution is -0.138. The van der Waals surface area contributed by atoms with Crippen LogP contribution < -0.4 is 5.32 Å². The van der Waals surface area contributed by atoms with Gasteiger partial charge in [0.25, 0.3) is 0 Å². The first-order valence-corrected chi connectivity index (χ1v) is 7.54. The molecule has 0 bridgehead atoms. The topological polar surface area (TPSA) is 12.0 Å². The van der Waals surface area contributed by atoms with Crippen LogP contribution in [0.4, 0.5) is 18.9 Å². The van der Waals surface area contributed by atoms with E-state index in [-0.39, 0.29) is 11.6 Å². The Morgan fingerprint density at radius 2 is 1.52 bits per heavy atom. The fourth-order valence-electron chi connectivity index (χ4n) is 2.61. The molecular weight excluding hydrogens is 275 g/mol. The van der Waals surface area contributed by atoms with Gasteiger partial charge in [0.1, 0.15) is 0 Å². The minimum absolute atomic E-state index is 0.203. The molecule has 0 aliphatic rings. The second kappa shape index (κ2) is 7.19. The highest BCUT2D eigenvalue weighted by atomic mass is 19.4. The molecule has 0 radical (unpaired) electrons. The van der Waals surface area contributed by atoms with Crippen molar-refractivity contribution in [1.29, 1.82) is 0 Å². The van der Waals surface area contributed by atoms with Gasteiger partial charge in [-0.2, -0.15) is 13.2 Å². The number of aryl methyl sites for hydroxylation is 1. The van der Waals surface area contributed by atoms with Crippen molar-refractivity contribution in [3.05, 3.63) is 29.3 Å². The van der Waals surface area contributed by atoms with Gasteiger partial charge < -0.3 is 5.32 Å². The number of hydrogen-bond acceptors (Lipinski definition) is 1. The van der Waals surface area contributed by atoms with E-state index in [4.69, 9.17) is 0 Å². The van der Waals surface area contributed by atoms with Crippen LogP contribution >= 0.6 is 0 Å². The Hall–Kier alpha value is -1.19. The monoisotopic (exact) mass is 301 g/mol. The second-order valence-electron chi connectivity index (χ2n) is 6.63. The number of halogens is 3. The smallest absolute Gasteiger partial charge is 0.382 e. The lowest BCUT2D eigenvalue weighted by Crippen LogP contribution is -2.24. The number of benzene rings is 1. The van der Waals surface area contributed by atoms with Crippen LogP contribution in [-0.2, 0) is 6.18 Å². The maximum absolute atomic E-state index is 13.0. The lowest BCUT2D eigenvalue weighted by atomic mass is 9.95. The molecule has 21 heavy (non-hydrogen) atoms. The van der Waals surface area contributed by atoms with Crippen LogP contribution in [0.15, 0.2) is 18.2 Å². The predicted octanol–water partition coefficient (Wildman–Crippen LogP) is 5.89. The quantitative estimate of drug-likeness (QED) is 0.691. The van der Waals surface area contributed by atoms with Gasteiger partial charge in [0.05, 0.1) is 5.56 Å². The van der Waals surface area contributed by atoms with E-state index < -0.39 is 11.7 Å². The molecule has 0 heterocycles. The fourth-order valence-corrected chi connectivity index (χ4v) is 2.61. The van der Waals surface area contributed by atoms with E-state index >= 15 is 0 Å². The Labute approximate surface area is 125 Å². The van der Waals surface area contributed by atoms with Gasteiger partial charge in [0.2, 0.25) is 0 Å². The first-order valence-electron chi connectivity index (χ1n) is 7.54. The molecule has 0 spiro atoms. The molecule has 0 unspecified atom stereocenters. The Kier molecular flexibility index (Phi) is 6.11. The zero-order valence-corrected chi connectivity index (χ0v) is 13.5. The molecule has 0 aromatic heterocycles. The Morgan fingerprint density at radius 1 is 1.00 bits per heavy atom. The molecule has 0 aliphatic heterocycles. The lowest BCUT2D eigenvalue weighted by Gasteiger charge is -2.24. The van der Waals surface area contributed by atoms with Gasteiger partial charge in [-0.15, -0.1) is 0 Å². The molecule has 1 aromatic rings. The number of alkyl halides is 3. The van der Waals surface area contributed by atoms with Crippen LogP contribution in [0.5, 0.6) is 0 Å². The van der Waals surface area contributed by atoms with E-state index in [1.54, 1.807) is 6.07 Å². The molecule has 1 N–H and O–H groups in total. The van der Waals surface area contributed by atoms with E-state index in [1.165, 1.54) is 19.1 Å². The van der Waals surface area contributed by atoms with E-state index in [1.807, 2.05) is 0 Å². The summed E-state index contributed by atoms with van der Waals surface area (Å²) in [7, 11) is 0. The first-order chi connectivity index (χ1) is 9.59. The van der Waals surface area contributed by atoms with Gasteiger partial charge in [-0.25, -0.2) is 0 Å². The largest absolute Gasteiger partial charge is 0.416 e. The Balaban J connectivity index is 2.93. The molecule has 1 rings (SSSR count). The second-order valence-corrected chi connectivity index (χ2v) is 6.63. The summed E-state index contributed by atoms with van der Waals surface area (Å²) in [5.74, 6) is 1.02. The van der Waals surface area contributed by atoms with Crippen molar-refractivity contribution in [2.75, 3.05) is 5.32 Å². The highest BCUT2D eigenvalue weighted by molar-refractivity contribution is 5.50. The highest BCUT2D eigenvalue weighted by Gasteiger charge is 2.32. The van der Waals surface area contributed by atoms with Gasteiger partial charge in [-0.1, -0.05) is 33.8 Å². The standard InChI is InChI=1S/C17H26F3N/c1-11(2)8-15(9-12(3)4)21-14-7-6-13(5)16(10-14)17(18,19)20/h6-7,10-12,15,21H,8-9H2,1-5H3. The van der Waals surface area contributed by atoms with Crippen molar-refractivity contribution in [3.63, 3.8) is 0 Å². The molecular formula is C17H26F3N. The maximum atomic E-state index is 13.0.